The minimum atomic E-state index is -0.666. The summed E-state index contributed by atoms with van der Waals surface area (Å²) < 4.78 is 17.1. The molecule has 0 spiro atoms. The lowest BCUT2D eigenvalue weighted by Crippen LogP contribution is -2.46. The van der Waals surface area contributed by atoms with Crippen LogP contribution in [0.15, 0.2) is 27.9 Å². The van der Waals surface area contributed by atoms with E-state index in [4.69, 9.17) is 14.2 Å². The number of benzene rings is 1. The third-order valence-electron chi connectivity index (χ3n) is 3.94. The van der Waals surface area contributed by atoms with Gasteiger partial charge in [-0.2, -0.15) is 0 Å². The van der Waals surface area contributed by atoms with Crippen LogP contribution in [0.1, 0.15) is 45.7 Å². The van der Waals surface area contributed by atoms with E-state index in [1.165, 1.54) is 7.11 Å². The molecule has 0 saturated heterocycles. The molecule has 1 aliphatic heterocycles. The molecule has 1 heterocycles. The molecule has 2 amide bonds. The van der Waals surface area contributed by atoms with Gasteiger partial charge in [0.1, 0.15) is 0 Å². The molecule has 0 bridgehead atoms. The molecular weight excluding hydrogens is 416 g/mol. The zero-order valence-electron chi connectivity index (χ0n) is 16.1. The number of hydrogen-bond acceptors (Lipinski definition) is 5. The van der Waals surface area contributed by atoms with Crippen molar-refractivity contribution >= 4 is 27.9 Å². The number of amides is 2. The van der Waals surface area contributed by atoms with Crippen LogP contribution in [0.25, 0.3) is 0 Å². The predicted molar refractivity (Wildman–Crippen MR) is 105 cm³/mol. The summed E-state index contributed by atoms with van der Waals surface area (Å²) in [6.45, 7) is 7.79. The molecule has 1 aromatic rings. The van der Waals surface area contributed by atoms with E-state index in [1.807, 2.05) is 13.8 Å². The molecule has 0 aliphatic carbocycles. The number of carbonyl (C=O) groups is 2. The quantitative estimate of drug-likeness (QED) is 0.629. The fourth-order valence-electron chi connectivity index (χ4n) is 2.86. The van der Waals surface area contributed by atoms with Crippen molar-refractivity contribution in [1.82, 2.24) is 10.6 Å². The van der Waals surface area contributed by atoms with Crippen LogP contribution >= 0.6 is 15.9 Å². The largest absolute Gasteiger partial charge is 0.493 e. The minimum absolute atomic E-state index is 0.275. The van der Waals surface area contributed by atoms with Gasteiger partial charge in [0, 0.05) is 5.70 Å². The van der Waals surface area contributed by atoms with Gasteiger partial charge in [-0.05, 0) is 60.8 Å². The van der Waals surface area contributed by atoms with Gasteiger partial charge in [-0.3, -0.25) is 0 Å². The summed E-state index contributed by atoms with van der Waals surface area (Å²) in [4.78, 5) is 24.9. The molecule has 2 N–H and O–H groups in total. The number of rotatable bonds is 7. The fourth-order valence-corrected chi connectivity index (χ4v) is 3.43. The number of ether oxygens (including phenoxy) is 3. The summed E-state index contributed by atoms with van der Waals surface area (Å²) >= 11 is 3.49. The van der Waals surface area contributed by atoms with Gasteiger partial charge in [0.05, 0.1) is 35.9 Å². The summed E-state index contributed by atoms with van der Waals surface area (Å²) in [5, 5.41) is 5.51. The fraction of sp³-hybridized carbons (Fsp3) is 0.474. The lowest BCUT2D eigenvalue weighted by Gasteiger charge is -2.30. The first-order valence-electron chi connectivity index (χ1n) is 8.84. The maximum atomic E-state index is 12.7. The third kappa shape index (κ3) is 4.74. The van der Waals surface area contributed by atoms with E-state index in [0.29, 0.717) is 45.8 Å². The van der Waals surface area contributed by atoms with E-state index >= 15 is 0 Å². The first kappa shape index (κ1) is 21.1. The monoisotopic (exact) mass is 440 g/mol. The Morgan fingerprint density at radius 1 is 1.30 bits per heavy atom. The number of urea groups is 1. The Morgan fingerprint density at radius 3 is 2.56 bits per heavy atom. The van der Waals surface area contributed by atoms with Crippen molar-refractivity contribution in [2.24, 2.45) is 0 Å². The van der Waals surface area contributed by atoms with Crippen LogP contribution in [0.3, 0.4) is 0 Å². The Balaban J connectivity index is 2.57. The molecule has 0 fully saturated rings. The topological polar surface area (TPSA) is 85.9 Å². The average Bonchev–Trinajstić information content (AvgIpc) is 2.61. The van der Waals surface area contributed by atoms with Gasteiger partial charge >= 0.3 is 12.0 Å². The predicted octanol–water partition coefficient (Wildman–Crippen LogP) is 3.83. The summed E-state index contributed by atoms with van der Waals surface area (Å²) in [6, 6.07) is 2.52. The van der Waals surface area contributed by atoms with Crippen LogP contribution in [-0.4, -0.2) is 31.8 Å². The molecule has 27 heavy (non-hydrogen) atoms. The molecule has 148 valence electrons. The van der Waals surface area contributed by atoms with Gasteiger partial charge in [-0.25, -0.2) is 9.59 Å². The van der Waals surface area contributed by atoms with Crippen LogP contribution < -0.4 is 20.1 Å². The van der Waals surface area contributed by atoms with E-state index in [2.05, 4.69) is 26.6 Å². The molecule has 0 radical (unpaired) electrons. The summed E-state index contributed by atoms with van der Waals surface area (Å²) in [7, 11) is 1.54. The van der Waals surface area contributed by atoms with Crippen molar-refractivity contribution in [1.29, 1.82) is 0 Å². The maximum Gasteiger partial charge on any atom is 0.338 e. The third-order valence-corrected chi connectivity index (χ3v) is 4.53. The van der Waals surface area contributed by atoms with Crippen LogP contribution in [0.4, 0.5) is 4.79 Å². The van der Waals surface area contributed by atoms with Crippen molar-refractivity contribution < 1.29 is 23.8 Å². The lowest BCUT2D eigenvalue weighted by atomic mass is 9.94. The van der Waals surface area contributed by atoms with Crippen molar-refractivity contribution in [2.45, 2.75) is 46.3 Å². The van der Waals surface area contributed by atoms with Gasteiger partial charge in [-0.1, -0.05) is 6.92 Å². The second-order valence-electron chi connectivity index (χ2n) is 6.20. The van der Waals surface area contributed by atoms with Crippen LogP contribution in [0, 0.1) is 0 Å². The molecule has 2 rings (SSSR count). The van der Waals surface area contributed by atoms with E-state index in [0.717, 1.165) is 0 Å². The van der Waals surface area contributed by atoms with Crippen LogP contribution in [0.5, 0.6) is 11.5 Å². The van der Waals surface area contributed by atoms with Crippen molar-refractivity contribution in [3.8, 4) is 11.5 Å². The molecule has 1 aliphatic rings. The number of halogens is 1. The van der Waals surface area contributed by atoms with E-state index in [1.54, 1.807) is 26.0 Å². The van der Waals surface area contributed by atoms with E-state index in [-0.39, 0.29) is 12.1 Å². The summed E-state index contributed by atoms with van der Waals surface area (Å²) in [5.74, 6) is 0.599. The van der Waals surface area contributed by atoms with Gasteiger partial charge in [0.15, 0.2) is 11.5 Å². The summed E-state index contributed by atoms with van der Waals surface area (Å²) in [5.41, 5.74) is 1.60. The molecule has 0 saturated carbocycles. The van der Waals surface area contributed by atoms with E-state index < -0.39 is 12.0 Å². The highest BCUT2D eigenvalue weighted by molar-refractivity contribution is 9.10. The maximum absolute atomic E-state index is 12.7. The molecule has 1 aromatic carbocycles. The molecular formula is C19H25BrN2O5. The van der Waals surface area contributed by atoms with Gasteiger partial charge < -0.3 is 24.8 Å². The Hall–Kier alpha value is -2.22. The number of esters is 1. The number of carbonyl (C=O) groups excluding carboxylic acids is 2. The first-order valence-corrected chi connectivity index (χ1v) is 9.63. The Bertz CT molecular complexity index is 761. The highest BCUT2D eigenvalue weighted by Gasteiger charge is 2.34. The normalized spacial score (nSPS) is 16.7. The van der Waals surface area contributed by atoms with E-state index in [9.17, 15) is 9.59 Å². The standard InChI is InChI=1S/C19H25BrN2O5/c1-6-13-15(18(23)27-10(3)4)16(22-19(24)21-13)11-8-12(20)17(26-7-2)14(9-11)25-5/h8-10,16H,6-7H2,1-5H3,(H2,21,22,24). The Kier molecular flexibility index (Phi) is 7.12. The lowest BCUT2D eigenvalue weighted by molar-refractivity contribution is -0.143. The van der Waals surface area contributed by atoms with Gasteiger partial charge in [0.25, 0.3) is 0 Å². The average molecular weight is 441 g/mol. The number of allylic oxidation sites excluding steroid dienone is 1. The minimum Gasteiger partial charge on any atom is -0.493 e. The van der Waals surface area contributed by atoms with Crippen LogP contribution in [0.2, 0.25) is 0 Å². The van der Waals surface area contributed by atoms with Crippen molar-refractivity contribution in [3.05, 3.63) is 33.4 Å². The highest BCUT2D eigenvalue weighted by atomic mass is 79.9. The first-order chi connectivity index (χ1) is 12.8. The molecule has 0 aromatic heterocycles. The zero-order valence-corrected chi connectivity index (χ0v) is 17.7. The number of methoxy groups -OCH3 is 1. The zero-order chi connectivity index (χ0) is 20.1. The van der Waals surface area contributed by atoms with Crippen LogP contribution in [-0.2, 0) is 9.53 Å². The number of hydrogen-bond donors (Lipinski definition) is 2. The number of nitrogens with one attached hydrogen (secondary N) is 2. The van der Waals surface area contributed by atoms with Gasteiger partial charge in [0.2, 0.25) is 0 Å². The molecule has 8 heteroatoms. The van der Waals surface area contributed by atoms with Gasteiger partial charge in [-0.15, -0.1) is 0 Å². The Labute approximate surface area is 167 Å². The van der Waals surface area contributed by atoms with Crippen molar-refractivity contribution in [2.75, 3.05) is 13.7 Å². The highest BCUT2D eigenvalue weighted by Crippen LogP contribution is 2.40. The summed E-state index contributed by atoms with van der Waals surface area (Å²) in [6.07, 6.45) is 0.213. The second-order valence-corrected chi connectivity index (χ2v) is 7.05. The molecule has 7 nitrogen and oxygen atoms in total. The smallest absolute Gasteiger partial charge is 0.338 e. The van der Waals surface area contributed by atoms with Crippen molar-refractivity contribution in [3.63, 3.8) is 0 Å². The second kappa shape index (κ2) is 9.12. The molecule has 1 unspecified atom stereocenters. The SMILES string of the molecule is CCOc1c(Br)cc(C2NC(=O)NC(CC)=C2C(=O)OC(C)C)cc1OC. The molecule has 1 atom stereocenters. The Morgan fingerprint density at radius 2 is 2.00 bits per heavy atom.